The number of rotatable bonds is 3. The Morgan fingerprint density at radius 2 is 2.20 bits per heavy atom. The predicted octanol–water partition coefficient (Wildman–Crippen LogP) is 0.244. The van der Waals surface area contributed by atoms with E-state index in [1.165, 1.54) is 6.08 Å². The Kier molecular flexibility index (Phi) is 3.79. The van der Waals surface area contributed by atoms with E-state index in [4.69, 9.17) is 5.11 Å². The molecule has 0 fully saturated rings. The van der Waals surface area contributed by atoms with E-state index in [2.05, 4.69) is 4.99 Å². The van der Waals surface area contributed by atoms with E-state index in [1.807, 2.05) is 0 Å². The summed E-state index contributed by atoms with van der Waals surface area (Å²) in [6.07, 6.45) is 2.64. The van der Waals surface area contributed by atoms with Crippen molar-refractivity contribution >= 4 is 18.6 Å². The molecule has 0 rings (SSSR count). The normalized spacial score (nSPS) is 11.9. The smallest absolute Gasteiger partial charge is 0.336 e. The third-order valence-electron chi connectivity index (χ3n) is 0.832. The highest BCUT2D eigenvalue weighted by Gasteiger charge is 1.99. The molecule has 0 aromatic carbocycles. The highest BCUT2D eigenvalue weighted by atomic mass is 16.4. The Morgan fingerprint density at radius 1 is 1.60 bits per heavy atom. The number of hydrogen-bond donors (Lipinski definition) is 1. The van der Waals surface area contributed by atoms with Gasteiger partial charge in [-0.3, -0.25) is 4.79 Å². The van der Waals surface area contributed by atoms with Gasteiger partial charge in [-0.05, 0) is 6.92 Å². The van der Waals surface area contributed by atoms with Crippen molar-refractivity contribution in [1.82, 2.24) is 0 Å². The minimum atomic E-state index is -1.09. The Labute approximate surface area is 57.9 Å². The molecule has 4 nitrogen and oxygen atoms in total. The highest BCUT2D eigenvalue weighted by Crippen LogP contribution is 1.88. The van der Waals surface area contributed by atoms with E-state index < -0.39 is 5.97 Å². The molecule has 0 radical (unpaired) electrons. The number of aliphatic carboxylic acids is 1. The van der Waals surface area contributed by atoms with Gasteiger partial charge in [0.25, 0.3) is 0 Å². The maximum absolute atomic E-state index is 10.2. The van der Waals surface area contributed by atoms with Gasteiger partial charge in [0.1, 0.15) is 0 Å². The summed E-state index contributed by atoms with van der Waals surface area (Å²) in [5, 5.41) is 8.32. The molecule has 0 saturated carbocycles. The molecule has 0 aliphatic heterocycles. The van der Waals surface area contributed by atoms with Crippen molar-refractivity contribution in [1.29, 1.82) is 0 Å². The number of aliphatic imine (C=N–C) groups is 1. The van der Waals surface area contributed by atoms with Crippen molar-refractivity contribution in [3.63, 3.8) is 0 Å². The molecule has 0 bridgehead atoms. The van der Waals surface area contributed by atoms with Gasteiger partial charge in [-0.25, -0.2) is 9.79 Å². The Morgan fingerprint density at radius 3 is 2.50 bits per heavy atom. The summed E-state index contributed by atoms with van der Waals surface area (Å²) in [5.41, 5.74) is 0.00657. The fourth-order valence-corrected chi connectivity index (χ4v) is 0.364. The van der Waals surface area contributed by atoms with Gasteiger partial charge in [0.2, 0.25) is 6.41 Å². The molecule has 1 amide bonds. The van der Waals surface area contributed by atoms with Gasteiger partial charge in [-0.15, -0.1) is 0 Å². The van der Waals surface area contributed by atoms with Crippen molar-refractivity contribution in [2.45, 2.75) is 6.92 Å². The van der Waals surface area contributed by atoms with Crippen LogP contribution in [-0.2, 0) is 9.59 Å². The lowest BCUT2D eigenvalue weighted by molar-refractivity contribution is -0.132. The molecule has 0 spiro atoms. The van der Waals surface area contributed by atoms with Crippen LogP contribution in [0, 0.1) is 0 Å². The molecule has 0 aromatic heterocycles. The van der Waals surface area contributed by atoms with E-state index in [1.54, 1.807) is 6.92 Å². The average Bonchev–Trinajstić information content (AvgIpc) is 1.89. The van der Waals surface area contributed by atoms with E-state index in [0.717, 1.165) is 6.21 Å². The Hall–Kier alpha value is -1.45. The van der Waals surface area contributed by atoms with Gasteiger partial charge < -0.3 is 5.11 Å². The molecule has 0 aliphatic carbocycles. The van der Waals surface area contributed by atoms with Crippen LogP contribution in [0.25, 0.3) is 0 Å². The van der Waals surface area contributed by atoms with Crippen molar-refractivity contribution in [3.8, 4) is 0 Å². The van der Waals surface area contributed by atoms with E-state index in [-0.39, 0.29) is 12.0 Å². The summed E-state index contributed by atoms with van der Waals surface area (Å²) >= 11 is 0. The molecule has 1 N–H and O–H groups in total. The van der Waals surface area contributed by atoms with Crippen LogP contribution < -0.4 is 0 Å². The van der Waals surface area contributed by atoms with Crippen LogP contribution >= 0.6 is 0 Å². The Balaban J connectivity index is 4.25. The van der Waals surface area contributed by atoms with Gasteiger partial charge in [0.05, 0.1) is 5.57 Å². The molecule has 0 heterocycles. The number of carboxylic acid groups (broad SMARTS) is 1. The molecular formula is C6H7NO3. The van der Waals surface area contributed by atoms with Crippen LogP contribution in [0.15, 0.2) is 16.6 Å². The van der Waals surface area contributed by atoms with Crippen LogP contribution in [-0.4, -0.2) is 23.7 Å². The first-order valence-corrected chi connectivity index (χ1v) is 2.58. The summed E-state index contributed by atoms with van der Waals surface area (Å²) in [6, 6.07) is 0. The van der Waals surface area contributed by atoms with Crippen LogP contribution in [0.2, 0.25) is 0 Å². The van der Waals surface area contributed by atoms with E-state index in [0.29, 0.717) is 0 Å². The number of carbonyl (C=O) groups is 2. The highest BCUT2D eigenvalue weighted by molar-refractivity contribution is 6.09. The first kappa shape index (κ1) is 8.55. The molecule has 0 saturated heterocycles. The van der Waals surface area contributed by atoms with E-state index >= 15 is 0 Å². The van der Waals surface area contributed by atoms with Gasteiger partial charge in [-0.2, -0.15) is 0 Å². The zero-order chi connectivity index (χ0) is 7.98. The Bertz CT molecular complexity index is 193. The largest absolute Gasteiger partial charge is 0.478 e. The van der Waals surface area contributed by atoms with Gasteiger partial charge in [0.15, 0.2) is 0 Å². The maximum Gasteiger partial charge on any atom is 0.336 e. The lowest BCUT2D eigenvalue weighted by Crippen LogP contribution is -2.00. The zero-order valence-electron chi connectivity index (χ0n) is 5.44. The number of carboxylic acids is 1. The second kappa shape index (κ2) is 4.43. The predicted molar refractivity (Wildman–Crippen MR) is 35.9 cm³/mol. The molecule has 0 aliphatic rings. The summed E-state index contributed by atoms with van der Waals surface area (Å²) in [4.78, 5) is 22.9. The van der Waals surface area contributed by atoms with Crippen molar-refractivity contribution in [2.75, 3.05) is 0 Å². The molecule has 0 aromatic rings. The van der Waals surface area contributed by atoms with Gasteiger partial charge in [0, 0.05) is 6.21 Å². The topological polar surface area (TPSA) is 66.7 Å². The minimum Gasteiger partial charge on any atom is -0.478 e. The van der Waals surface area contributed by atoms with Crippen LogP contribution in [0.4, 0.5) is 0 Å². The number of amides is 1. The SMILES string of the molecule is C/C=C(\C=NC=O)C(=O)O. The van der Waals surface area contributed by atoms with Gasteiger partial charge in [-0.1, -0.05) is 6.08 Å². The average molecular weight is 141 g/mol. The monoisotopic (exact) mass is 141 g/mol. The third kappa shape index (κ3) is 2.76. The summed E-state index contributed by atoms with van der Waals surface area (Å²) in [5.74, 6) is -1.09. The van der Waals surface area contributed by atoms with Crippen LogP contribution in [0.1, 0.15) is 6.92 Å². The molecule has 0 atom stereocenters. The van der Waals surface area contributed by atoms with Crippen molar-refractivity contribution < 1.29 is 14.7 Å². The first-order valence-electron chi connectivity index (χ1n) is 2.58. The third-order valence-corrected chi connectivity index (χ3v) is 0.832. The van der Waals surface area contributed by atoms with Gasteiger partial charge >= 0.3 is 5.97 Å². The van der Waals surface area contributed by atoms with E-state index in [9.17, 15) is 9.59 Å². The summed E-state index contributed by atoms with van der Waals surface area (Å²) in [6.45, 7) is 1.56. The van der Waals surface area contributed by atoms with Crippen molar-refractivity contribution in [3.05, 3.63) is 11.6 Å². The quantitative estimate of drug-likeness (QED) is 0.348. The molecular weight excluding hydrogens is 134 g/mol. The molecule has 10 heavy (non-hydrogen) atoms. The lowest BCUT2D eigenvalue weighted by Gasteiger charge is -1.87. The van der Waals surface area contributed by atoms with Crippen molar-refractivity contribution in [2.24, 2.45) is 4.99 Å². The second-order valence-electron chi connectivity index (χ2n) is 1.43. The van der Waals surface area contributed by atoms with Crippen LogP contribution in [0.3, 0.4) is 0 Å². The summed E-state index contributed by atoms with van der Waals surface area (Å²) < 4.78 is 0. The number of carbonyl (C=O) groups excluding carboxylic acids is 1. The molecule has 4 heteroatoms. The zero-order valence-corrected chi connectivity index (χ0v) is 5.44. The standard InChI is InChI=1S/C6H7NO3/c1-2-5(6(9)10)3-7-4-8/h2-4H,1H3,(H,9,10)/b5-2+,7-3?. The van der Waals surface area contributed by atoms with Crippen LogP contribution in [0.5, 0.6) is 0 Å². The number of hydrogen-bond acceptors (Lipinski definition) is 2. The number of nitrogens with zero attached hydrogens (tertiary/aromatic N) is 1. The molecule has 0 unspecified atom stereocenters. The molecule has 54 valence electrons. The lowest BCUT2D eigenvalue weighted by atomic mass is 10.3. The number of allylic oxidation sites excluding steroid dienone is 1. The fraction of sp³-hybridized carbons (Fsp3) is 0.167. The maximum atomic E-state index is 10.2. The minimum absolute atomic E-state index is 0.00657. The first-order chi connectivity index (χ1) is 4.72. The summed E-state index contributed by atoms with van der Waals surface area (Å²) in [7, 11) is 0. The second-order valence-corrected chi connectivity index (χ2v) is 1.43. The fourth-order valence-electron chi connectivity index (χ4n) is 0.364.